The first-order valence-corrected chi connectivity index (χ1v) is 4.35. The number of aromatic nitrogens is 2. The van der Waals surface area contributed by atoms with Gasteiger partial charge in [0.15, 0.2) is 0 Å². The highest BCUT2D eigenvalue weighted by molar-refractivity contribution is 6.28. The molecule has 0 atom stereocenters. The largest absolute Gasteiger partial charge is 0.480 e. The Morgan fingerprint density at radius 2 is 2.43 bits per heavy atom. The number of methoxy groups -OCH3 is 1. The fraction of sp³-hybridized carbons (Fsp3) is 0.333. The molecule has 0 spiro atoms. The van der Waals surface area contributed by atoms with Crippen LogP contribution in [-0.4, -0.2) is 30.7 Å². The predicted molar refractivity (Wildman–Crippen MR) is 54.4 cm³/mol. The van der Waals surface area contributed by atoms with Crippen molar-refractivity contribution in [2.45, 2.75) is 0 Å². The topological polar surface area (TPSA) is 47.0 Å². The average Bonchev–Trinajstić information content (AvgIpc) is 2.20. The molecule has 1 N–H and O–H groups in total. The van der Waals surface area contributed by atoms with E-state index < -0.39 is 0 Å². The second kappa shape index (κ2) is 5.43. The lowest BCUT2D eigenvalue weighted by Gasteiger charge is -2.00. The maximum atomic E-state index is 5.59. The van der Waals surface area contributed by atoms with Crippen molar-refractivity contribution >= 4 is 11.6 Å². The Labute approximate surface area is 87.7 Å². The van der Waals surface area contributed by atoms with Crippen LogP contribution < -0.4 is 10.1 Å². The third kappa shape index (κ3) is 2.87. The summed E-state index contributed by atoms with van der Waals surface area (Å²) >= 11 is 5.59. The van der Waals surface area contributed by atoms with Crippen LogP contribution in [0.1, 0.15) is 5.56 Å². The van der Waals surface area contributed by atoms with Crippen LogP contribution in [0.4, 0.5) is 0 Å². The van der Waals surface area contributed by atoms with Crippen molar-refractivity contribution in [3.05, 3.63) is 17.0 Å². The molecule has 0 unspecified atom stereocenters. The summed E-state index contributed by atoms with van der Waals surface area (Å²) in [7, 11) is 3.34. The van der Waals surface area contributed by atoms with Crippen molar-refractivity contribution in [3.8, 4) is 17.7 Å². The van der Waals surface area contributed by atoms with Crippen molar-refractivity contribution in [2.75, 3.05) is 20.7 Å². The van der Waals surface area contributed by atoms with Crippen LogP contribution in [0.15, 0.2) is 6.20 Å². The van der Waals surface area contributed by atoms with Gasteiger partial charge >= 0.3 is 0 Å². The van der Waals surface area contributed by atoms with Crippen molar-refractivity contribution in [3.63, 3.8) is 0 Å². The van der Waals surface area contributed by atoms with Crippen LogP contribution in [-0.2, 0) is 0 Å². The van der Waals surface area contributed by atoms with Gasteiger partial charge in [-0.05, 0) is 18.6 Å². The van der Waals surface area contributed by atoms with Crippen molar-refractivity contribution < 1.29 is 4.74 Å². The second-order valence-corrected chi connectivity index (χ2v) is 2.73. The molecule has 1 aromatic rings. The maximum Gasteiger partial charge on any atom is 0.233 e. The van der Waals surface area contributed by atoms with Crippen molar-refractivity contribution in [1.82, 2.24) is 15.3 Å². The number of halogens is 1. The van der Waals surface area contributed by atoms with Gasteiger partial charge in [0.2, 0.25) is 11.2 Å². The molecule has 0 fully saturated rings. The van der Waals surface area contributed by atoms with E-state index in [4.69, 9.17) is 16.3 Å². The van der Waals surface area contributed by atoms with Gasteiger partial charge in [-0.15, -0.1) is 0 Å². The molecule has 0 radical (unpaired) electrons. The lowest BCUT2D eigenvalue weighted by Crippen LogP contribution is -2.04. The van der Waals surface area contributed by atoms with E-state index in [0.717, 1.165) is 0 Å². The minimum Gasteiger partial charge on any atom is -0.480 e. The highest BCUT2D eigenvalue weighted by Crippen LogP contribution is 2.14. The van der Waals surface area contributed by atoms with E-state index in [0.29, 0.717) is 18.0 Å². The molecule has 1 heterocycles. The Hall–Kier alpha value is -1.31. The lowest BCUT2D eigenvalue weighted by atomic mass is 10.3. The Balaban J connectivity index is 2.92. The summed E-state index contributed by atoms with van der Waals surface area (Å²) in [4.78, 5) is 7.70. The quantitative estimate of drug-likeness (QED) is 0.578. The summed E-state index contributed by atoms with van der Waals surface area (Å²) in [6.07, 6.45) is 1.54. The lowest BCUT2D eigenvalue weighted by molar-refractivity contribution is 0.395. The summed E-state index contributed by atoms with van der Waals surface area (Å²) in [5.74, 6) is 6.15. The fourth-order valence-corrected chi connectivity index (χ4v) is 0.941. The second-order valence-electron chi connectivity index (χ2n) is 2.39. The van der Waals surface area contributed by atoms with Gasteiger partial charge in [0.25, 0.3) is 0 Å². The number of hydrogen-bond donors (Lipinski definition) is 1. The third-order valence-corrected chi connectivity index (χ3v) is 1.59. The highest BCUT2D eigenvalue weighted by atomic mass is 35.5. The maximum absolute atomic E-state index is 5.59. The van der Waals surface area contributed by atoms with E-state index in [1.54, 1.807) is 0 Å². The van der Waals surface area contributed by atoms with Crippen molar-refractivity contribution in [1.29, 1.82) is 0 Å². The molecule has 0 saturated heterocycles. The Morgan fingerprint density at radius 3 is 3.07 bits per heavy atom. The average molecular weight is 212 g/mol. The molecule has 0 saturated carbocycles. The zero-order valence-electron chi connectivity index (χ0n) is 7.97. The molecule has 74 valence electrons. The molecule has 0 aromatic carbocycles. The van der Waals surface area contributed by atoms with Gasteiger partial charge in [-0.25, -0.2) is 4.98 Å². The minimum atomic E-state index is 0.154. The van der Waals surface area contributed by atoms with Crippen molar-refractivity contribution in [2.24, 2.45) is 0 Å². The van der Waals surface area contributed by atoms with E-state index >= 15 is 0 Å². The number of ether oxygens (including phenoxy) is 1. The van der Waals surface area contributed by atoms with Crippen LogP contribution >= 0.6 is 11.6 Å². The number of hydrogen-bond acceptors (Lipinski definition) is 4. The predicted octanol–water partition coefficient (Wildman–Crippen LogP) is 0.710. The molecule has 1 rings (SSSR count). The fourth-order valence-electron chi connectivity index (χ4n) is 0.815. The highest BCUT2D eigenvalue weighted by Gasteiger charge is 2.02. The SMILES string of the molecule is CNCC#Cc1cnc(Cl)nc1OC. The van der Waals surface area contributed by atoms with Crippen LogP contribution in [0.3, 0.4) is 0 Å². The molecule has 0 bridgehead atoms. The zero-order valence-corrected chi connectivity index (χ0v) is 8.72. The first-order valence-electron chi connectivity index (χ1n) is 3.98. The van der Waals surface area contributed by atoms with Crippen LogP contribution in [0.25, 0.3) is 0 Å². The summed E-state index contributed by atoms with van der Waals surface area (Å²) in [6, 6.07) is 0. The zero-order chi connectivity index (χ0) is 10.4. The molecule has 0 aliphatic rings. The van der Waals surface area contributed by atoms with E-state index in [1.165, 1.54) is 13.3 Å². The van der Waals surface area contributed by atoms with Crippen LogP contribution in [0.2, 0.25) is 5.28 Å². The van der Waals surface area contributed by atoms with Gasteiger partial charge in [0.05, 0.1) is 19.9 Å². The Morgan fingerprint density at radius 1 is 1.64 bits per heavy atom. The summed E-state index contributed by atoms with van der Waals surface area (Å²) in [6.45, 7) is 0.603. The molecular weight excluding hydrogens is 202 g/mol. The normalized spacial score (nSPS) is 9.07. The summed E-state index contributed by atoms with van der Waals surface area (Å²) < 4.78 is 5.00. The molecule has 1 aromatic heterocycles. The van der Waals surface area contributed by atoms with E-state index in [2.05, 4.69) is 27.1 Å². The van der Waals surface area contributed by atoms with E-state index in [-0.39, 0.29) is 5.28 Å². The standard InChI is InChI=1S/C9H10ClN3O/c1-11-5-3-4-7-6-12-9(10)13-8(7)14-2/h6,11H,5H2,1-2H3. The van der Waals surface area contributed by atoms with Gasteiger partial charge in [0, 0.05) is 0 Å². The summed E-state index contributed by atoms with van der Waals surface area (Å²) in [5.41, 5.74) is 0.632. The minimum absolute atomic E-state index is 0.154. The van der Waals surface area contributed by atoms with Gasteiger partial charge < -0.3 is 10.1 Å². The molecule has 0 aliphatic carbocycles. The van der Waals surface area contributed by atoms with Gasteiger partial charge in [0.1, 0.15) is 5.56 Å². The first kappa shape index (κ1) is 10.8. The Bertz CT molecular complexity index is 370. The number of nitrogens with zero attached hydrogens (tertiary/aromatic N) is 2. The molecule has 14 heavy (non-hydrogen) atoms. The number of rotatable bonds is 2. The van der Waals surface area contributed by atoms with E-state index in [1.807, 2.05) is 7.05 Å². The molecule has 0 amide bonds. The smallest absolute Gasteiger partial charge is 0.233 e. The molecule has 0 aliphatic heterocycles. The monoisotopic (exact) mass is 211 g/mol. The summed E-state index contributed by atoms with van der Waals surface area (Å²) in [5, 5.41) is 3.06. The Kier molecular flexibility index (Phi) is 4.17. The first-order chi connectivity index (χ1) is 6.77. The molecule has 5 heteroatoms. The number of nitrogens with one attached hydrogen (secondary N) is 1. The van der Waals surface area contributed by atoms with Crippen LogP contribution in [0, 0.1) is 11.8 Å². The van der Waals surface area contributed by atoms with Crippen LogP contribution in [0.5, 0.6) is 5.88 Å². The molecular formula is C9H10ClN3O. The van der Waals surface area contributed by atoms with Gasteiger partial charge in [-0.1, -0.05) is 11.8 Å². The van der Waals surface area contributed by atoms with E-state index in [9.17, 15) is 0 Å². The molecule has 4 nitrogen and oxygen atoms in total. The third-order valence-electron chi connectivity index (χ3n) is 1.41. The van der Waals surface area contributed by atoms with Gasteiger partial charge in [-0.3, -0.25) is 0 Å². The van der Waals surface area contributed by atoms with Gasteiger partial charge in [-0.2, -0.15) is 4.98 Å².